The van der Waals surface area contributed by atoms with Crippen LogP contribution in [0.3, 0.4) is 0 Å². The molecule has 3 heteroatoms. The maximum absolute atomic E-state index is 12.1. The fraction of sp³-hybridized carbons (Fsp3) is 0.286. The van der Waals surface area contributed by atoms with Crippen molar-refractivity contribution in [2.45, 2.75) is 12.8 Å². The van der Waals surface area contributed by atoms with Crippen molar-refractivity contribution in [2.75, 3.05) is 7.11 Å². The van der Waals surface area contributed by atoms with Crippen molar-refractivity contribution < 1.29 is 14.3 Å². The van der Waals surface area contributed by atoms with Gasteiger partial charge in [-0.15, -0.1) is 0 Å². The standard InChI is InChI=1S/C14H14O3/c1-17-13(15)9-11-7-8-12(14(11)16)10-5-3-2-4-6-10/h2-6,8,11H,7,9H2,1H3. The minimum atomic E-state index is -0.328. The Balaban J connectivity index is 2.10. The van der Waals surface area contributed by atoms with E-state index in [1.165, 1.54) is 7.11 Å². The summed E-state index contributed by atoms with van der Waals surface area (Å²) in [6, 6.07) is 9.53. The molecule has 0 heterocycles. The summed E-state index contributed by atoms with van der Waals surface area (Å²) in [6.07, 6.45) is 2.70. The van der Waals surface area contributed by atoms with E-state index in [1.54, 1.807) is 0 Å². The van der Waals surface area contributed by atoms with Crippen LogP contribution in [0.1, 0.15) is 18.4 Å². The van der Waals surface area contributed by atoms with Gasteiger partial charge >= 0.3 is 5.97 Å². The Morgan fingerprint density at radius 1 is 1.35 bits per heavy atom. The summed E-state index contributed by atoms with van der Waals surface area (Å²) < 4.78 is 4.59. The minimum Gasteiger partial charge on any atom is -0.469 e. The van der Waals surface area contributed by atoms with Crippen LogP contribution in [0.2, 0.25) is 0 Å². The van der Waals surface area contributed by atoms with E-state index >= 15 is 0 Å². The largest absolute Gasteiger partial charge is 0.469 e. The highest BCUT2D eigenvalue weighted by atomic mass is 16.5. The van der Waals surface area contributed by atoms with E-state index in [0.29, 0.717) is 6.42 Å². The van der Waals surface area contributed by atoms with Crippen molar-refractivity contribution >= 4 is 17.3 Å². The molecule has 1 unspecified atom stereocenters. The zero-order valence-corrected chi connectivity index (χ0v) is 9.68. The number of rotatable bonds is 3. The van der Waals surface area contributed by atoms with Gasteiger partial charge in [0.25, 0.3) is 0 Å². The van der Waals surface area contributed by atoms with Crippen LogP contribution in [0, 0.1) is 5.92 Å². The Bertz CT molecular complexity index is 460. The molecule has 88 valence electrons. The number of ketones is 1. The smallest absolute Gasteiger partial charge is 0.306 e. The topological polar surface area (TPSA) is 43.4 Å². The second-order valence-electron chi connectivity index (χ2n) is 4.06. The molecule has 2 rings (SSSR count). The van der Waals surface area contributed by atoms with Gasteiger partial charge in [-0.1, -0.05) is 36.4 Å². The molecule has 1 aromatic rings. The van der Waals surface area contributed by atoms with Gasteiger partial charge in [-0.2, -0.15) is 0 Å². The van der Waals surface area contributed by atoms with Gasteiger partial charge in [0.2, 0.25) is 0 Å². The van der Waals surface area contributed by atoms with Crippen LogP contribution in [-0.2, 0) is 14.3 Å². The van der Waals surface area contributed by atoms with Gasteiger partial charge in [-0.05, 0) is 12.0 Å². The highest BCUT2D eigenvalue weighted by molar-refractivity contribution is 6.24. The molecule has 0 fully saturated rings. The summed E-state index contributed by atoms with van der Waals surface area (Å²) in [4.78, 5) is 23.2. The maximum atomic E-state index is 12.1. The fourth-order valence-corrected chi connectivity index (χ4v) is 2.03. The molecule has 3 nitrogen and oxygen atoms in total. The fourth-order valence-electron chi connectivity index (χ4n) is 2.03. The van der Waals surface area contributed by atoms with Crippen molar-refractivity contribution in [3.8, 4) is 0 Å². The molecule has 0 saturated carbocycles. The first-order valence-electron chi connectivity index (χ1n) is 5.59. The van der Waals surface area contributed by atoms with Gasteiger partial charge < -0.3 is 4.74 Å². The summed E-state index contributed by atoms with van der Waals surface area (Å²) in [7, 11) is 1.34. The zero-order chi connectivity index (χ0) is 12.3. The van der Waals surface area contributed by atoms with Crippen LogP contribution in [0.25, 0.3) is 5.57 Å². The molecular formula is C14H14O3. The molecule has 0 amide bonds. The van der Waals surface area contributed by atoms with Crippen LogP contribution >= 0.6 is 0 Å². The molecule has 0 saturated heterocycles. The number of allylic oxidation sites excluding steroid dienone is 2. The molecule has 17 heavy (non-hydrogen) atoms. The second-order valence-corrected chi connectivity index (χ2v) is 4.06. The van der Waals surface area contributed by atoms with Crippen molar-refractivity contribution in [2.24, 2.45) is 5.92 Å². The van der Waals surface area contributed by atoms with E-state index in [9.17, 15) is 9.59 Å². The van der Waals surface area contributed by atoms with E-state index in [4.69, 9.17) is 0 Å². The number of benzene rings is 1. The number of hydrogen-bond acceptors (Lipinski definition) is 3. The van der Waals surface area contributed by atoms with Gasteiger partial charge in [-0.3, -0.25) is 9.59 Å². The maximum Gasteiger partial charge on any atom is 0.306 e. The van der Waals surface area contributed by atoms with Gasteiger partial charge in [0, 0.05) is 11.5 Å². The lowest BCUT2D eigenvalue weighted by Gasteiger charge is -2.07. The average molecular weight is 230 g/mol. The molecule has 0 aromatic heterocycles. The monoisotopic (exact) mass is 230 g/mol. The molecule has 0 spiro atoms. The van der Waals surface area contributed by atoms with Crippen LogP contribution in [0.5, 0.6) is 0 Å². The number of ether oxygens (including phenoxy) is 1. The zero-order valence-electron chi connectivity index (χ0n) is 9.68. The Labute approximate surface area is 100 Å². The van der Waals surface area contributed by atoms with Crippen LogP contribution in [0.4, 0.5) is 0 Å². The summed E-state index contributed by atoms with van der Waals surface area (Å²) in [5.41, 5.74) is 1.64. The predicted molar refractivity (Wildman–Crippen MR) is 64.2 cm³/mol. The van der Waals surface area contributed by atoms with Crippen molar-refractivity contribution in [3.63, 3.8) is 0 Å². The molecule has 0 bridgehead atoms. The number of carbonyl (C=O) groups excluding carboxylic acids is 2. The lowest BCUT2D eigenvalue weighted by atomic mass is 9.97. The Hall–Kier alpha value is -1.90. The van der Waals surface area contributed by atoms with Gasteiger partial charge in [-0.25, -0.2) is 0 Å². The average Bonchev–Trinajstić information content (AvgIpc) is 2.72. The Morgan fingerprint density at radius 3 is 2.71 bits per heavy atom. The van der Waals surface area contributed by atoms with E-state index in [1.807, 2.05) is 36.4 Å². The summed E-state index contributed by atoms with van der Waals surface area (Å²) in [5.74, 6) is -0.537. The quantitative estimate of drug-likeness (QED) is 0.748. The van der Waals surface area contributed by atoms with Gasteiger partial charge in [0.1, 0.15) is 0 Å². The predicted octanol–water partition coefficient (Wildman–Crippen LogP) is 2.22. The lowest BCUT2D eigenvalue weighted by molar-refractivity contribution is -0.143. The molecule has 1 aliphatic rings. The third kappa shape index (κ3) is 2.44. The summed E-state index contributed by atoms with van der Waals surface area (Å²) in [6.45, 7) is 0. The van der Waals surface area contributed by atoms with E-state index < -0.39 is 0 Å². The van der Waals surface area contributed by atoms with Crippen LogP contribution < -0.4 is 0 Å². The third-order valence-electron chi connectivity index (χ3n) is 2.97. The normalized spacial score (nSPS) is 19.0. The number of methoxy groups -OCH3 is 1. The first-order chi connectivity index (χ1) is 8.22. The van der Waals surface area contributed by atoms with E-state index in [-0.39, 0.29) is 24.1 Å². The van der Waals surface area contributed by atoms with Crippen LogP contribution in [0.15, 0.2) is 36.4 Å². The molecule has 1 aliphatic carbocycles. The molecule has 1 aromatic carbocycles. The molecule has 0 aliphatic heterocycles. The van der Waals surface area contributed by atoms with E-state index in [0.717, 1.165) is 11.1 Å². The van der Waals surface area contributed by atoms with Crippen molar-refractivity contribution in [1.29, 1.82) is 0 Å². The van der Waals surface area contributed by atoms with Gasteiger partial charge in [0.15, 0.2) is 5.78 Å². The molecular weight excluding hydrogens is 216 g/mol. The summed E-state index contributed by atoms with van der Waals surface area (Å²) >= 11 is 0. The third-order valence-corrected chi connectivity index (χ3v) is 2.97. The van der Waals surface area contributed by atoms with Crippen LogP contribution in [-0.4, -0.2) is 18.9 Å². The highest BCUT2D eigenvalue weighted by Gasteiger charge is 2.29. The highest BCUT2D eigenvalue weighted by Crippen LogP contribution is 2.30. The van der Waals surface area contributed by atoms with Crippen molar-refractivity contribution in [1.82, 2.24) is 0 Å². The Morgan fingerprint density at radius 2 is 2.06 bits per heavy atom. The number of carbonyl (C=O) groups is 2. The number of Topliss-reactive ketones (excluding diaryl/α,β-unsaturated/α-hetero) is 1. The van der Waals surface area contributed by atoms with Crippen molar-refractivity contribution in [3.05, 3.63) is 42.0 Å². The number of hydrogen-bond donors (Lipinski definition) is 0. The van der Waals surface area contributed by atoms with Gasteiger partial charge in [0.05, 0.1) is 13.5 Å². The minimum absolute atomic E-state index is 0.0431. The Kier molecular flexibility index (Phi) is 3.38. The second kappa shape index (κ2) is 4.95. The van der Waals surface area contributed by atoms with E-state index in [2.05, 4.69) is 4.74 Å². The first kappa shape index (κ1) is 11.6. The lowest BCUT2D eigenvalue weighted by Crippen LogP contribution is -2.15. The molecule has 1 atom stereocenters. The number of esters is 1. The summed E-state index contributed by atoms with van der Waals surface area (Å²) in [5, 5.41) is 0. The molecule has 0 N–H and O–H groups in total. The molecule has 0 radical (unpaired) electrons. The first-order valence-corrected chi connectivity index (χ1v) is 5.59. The SMILES string of the molecule is COC(=O)CC1CC=C(c2ccccc2)C1=O.